The molecule has 1 N–H and O–H groups in total. The smallest absolute Gasteiger partial charge is 0.115 e. The predicted octanol–water partition coefficient (Wildman–Crippen LogP) is 5.79. The summed E-state index contributed by atoms with van der Waals surface area (Å²) < 4.78 is 0. The van der Waals surface area contributed by atoms with E-state index in [0.29, 0.717) is 0 Å². The molecule has 120 valence electrons. The second-order valence-electron chi connectivity index (χ2n) is 5.86. The van der Waals surface area contributed by atoms with Gasteiger partial charge in [0.15, 0.2) is 0 Å². The van der Waals surface area contributed by atoms with Gasteiger partial charge in [-0.2, -0.15) is 0 Å². The van der Waals surface area contributed by atoms with Crippen molar-refractivity contribution in [1.82, 2.24) is 4.98 Å². The Morgan fingerprint density at radius 1 is 0.560 bits per heavy atom. The molecule has 4 rings (SSSR count). The largest absolute Gasteiger partial charge is 0.508 e. The molecule has 0 atom stereocenters. The molecule has 0 aliphatic carbocycles. The molecule has 0 amide bonds. The van der Waals surface area contributed by atoms with Crippen molar-refractivity contribution in [3.8, 4) is 39.3 Å². The number of nitrogens with zero attached hydrogens (tertiary/aromatic N) is 1. The summed E-state index contributed by atoms with van der Waals surface area (Å²) in [5.41, 5.74) is 6.41. The normalized spacial score (nSPS) is 10.6. The third-order valence-corrected chi connectivity index (χ3v) is 4.24. The number of hydrogen-bond acceptors (Lipinski definition) is 2. The van der Waals surface area contributed by atoms with E-state index in [1.54, 1.807) is 12.1 Å². The molecular formula is C23H17NO. The van der Waals surface area contributed by atoms with E-state index >= 15 is 0 Å². The number of hydrogen-bond donors (Lipinski definition) is 1. The summed E-state index contributed by atoms with van der Waals surface area (Å²) >= 11 is 0. The Kier molecular flexibility index (Phi) is 4.01. The van der Waals surface area contributed by atoms with Crippen LogP contribution >= 0.6 is 0 Å². The lowest BCUT2D eigenvalue weighted by Crippen LogP contribution is -1.93. The van der Waals surface area contributed by atoms with Crippen molar-refractivity contribution in [3.63, 3.8) is 0 Å². The van der Waals surface area contributed by atoms with E-state index in [2.05, 4.69) is 35.3 Å². The minimum absolute atomic E-state index is 0.254. The number of aromatic hydroxyl groups is 1. The monoisotopic (exact) mass is 323 g/mol. The van der Waals surface area contributed by atoms with E-state index < -0.39 is 0 Å². The fourth-order valence-corrected chi connectivity index (χ4v) is 3.06. The van der Waals surface area contributed by atoms with Crippen molar-refractivity contribution < 1.29 is 5.11 Å². The lowest BCUT2D eigenvalue weighted by molar-refractivity contribution is 0.475. The zero-order valence-electron chi connectivity index (χ0n) is 13.6. The zero-order valence-corrected chi connectivity index (χ0v) is 13.6. The second kappa shape index (κ2) is 6.62. The standard InChI is InChI=1S/C23H17NO/c25-20-13-11-19(12-14-20)23-22(18-9-5-2-6-10-18)21(15-16-24-23)17-7-3-1-4-8-17/h1-16,25H. The maximum Gasteiger partial charge on any atom is 0.115 e. The molecule has 25 heavy (non-hydrogen) atoms. The first-order valence-electron chi connectivity index (χ1n) is 8.22. The van der Waals surface area contributed by atoms with Gasteiger partial charge in [0.2, 0.25) is 0 Å². The fraction of sp³-hybridized carbons (Fsp3) is 0. The Morgan fingerprint density at radius 2 is 1.16 bits per heavy atom. The highest BCUT2D eigenvalue weighted by Gasteiger charge is 2.14. The summed E-state index contributed by atoms with van der Waals surface area (Å²) in [6.07, 6.45) is 1.84. The van der Waals surface area contributed by atoms with Gasteiger partial charge in [-0.15, -0.1) is 0 Å². The van der Waals surface area contributed by atoms with Crippen LogP contribution in [0.3, 0.4) is 0 Å². The first-order valence-corrected chi connectivity index (χ1v) is 8.22. The van der Waals surface area contributed by atoms with E-state index in [0.717, 1.165) is 33.5 Å². The third kappa shape index (κ3) is 3.02. The minimum Gasteiger partial charge on any atom is -0.508 e. The summed E-state index contributed by atoms with van der Waals surface area (Å²) in [6.45, 7) is 0. The summed E-state index contributed by atoms with van der Waals surface area (Å²) in [6, 6.07) is 29.9. The summed E-state index contributed by atoms with van der Waals surface area (Å²) in [7, 11) is 0. The van der Waals surface area contributed by atoms with E-state index in [-0.39, 0.29) is 5.75 Å². The lowest BCUT2D eigenvalue weighted by Gasteiger charge is -2.15. The number of aromatic nitrogens is 1. The molecule has 0 bridgehead atoms. The molecule has 0 fully saturated rings. The Bertz CT molecular complexity index is 977. The van der Waals surface area contributed by atoms with Crippen LogP contribution in [-0.2, 0) is 0 Å². The molecule has 0 unspecified atom stereocenters. The first-order chi connectivity index (χ1) is 12.3. The summed E-state index contributed by atoms with van der Waals surface area (Å²) in [4.78, 5) is 4.66. The van der Waals surface area contributed by atoms with Gasteiger partial charge in [-0.05, 0) is 47.0 Å². The van der Waals surface area contributed by atoms with Crippen LogP contribution in [0.1, 0.15) is 0 Å². The summed E-state index contributed by atoms with van der Waals surface area (Å²) in [5, 5.41) is 9.60. The Balaban J connectivity index is 2.00. The predicted molar refractivity (Wildman–Crippen MR) is 102 cm³/mol. The van der Waals surface area contributed by atoms with Crippen LogP contribution < -0.4 is 0 Å². The minimum atomic E-state index is 0.254. The average molecular weight is 323 g/mol. The van der Waals surface area contributed by atoms with Gasteiger partial charge in [0.05, 0.1) is 5.69 Å². The van der Waals surface area contributed by atoms with Crippen LogP contribution in [0.5, 0.6) is 5.75 Å². The van der Waals surface area contributed by atoms with Gasteiger partial charge in [-0.1, -0.05) is 60.7 Å². The molecule has 3 aromatic carbocycles. The molecule has 4 aromatic rings. The van der Waals surface area contributed by atoms with Gasteiger partial charge in [0, 0.05) is 17.3 Å². The molecule has 0 saturated carbocycles. The zero-order chi connectivity index (χ0) is 17.1. The van der Waals surface area contributed by atoms with Crippen LogP contribution in [0.25, 0.3) is 33.5 Å². The molecule has 0 saturated heterocycles. The Labute approximate surface area is 147 Å². The molecule has 0 aliphatic heterocycles. The number of rotatable bonds is 3. The van der Waals surface area contributed by atoms with Crippen LogP contribution in [0.15, 0.2) is 97.2 Å². The topological polar surface area (TPSA) is 33.1 Å². The van der Waals surface area contributed by atoms with Crippen molar-refractivity contribution in [2.24, 2.45) is 0 Å². The van der Waals surface area contributed by atoms with Crippen LogP contribution in [0.2, 0.25) is 0 Å². The van der Waals surface area contributed by atoms with Crippen molar-refractivity contribution >= 4 is 0 Å². The molecule has 0 spiro atoms. The second-order valence-corrected chi connectivity index (χ2v) is 5.86. The highest BCUT2D eigenvalue weighted by Crippen LogP contribution is 2.38. The van der Waals surface area contributed by atoms with Crippen LogP contribution in [-0.4, -0.2) is 10.1 Å². The van der Waals surface area contributed by atoms with E-state index in [1.165, 1.54) is 0 Å². The van der Waals surface area contributed by atoms with E-state index in [4.69, 9.17) is 0 Å². The SMILES string of the molecule is Oc1ccc(-c2nccc(-c3ccccc3)c2-c2ccccc2)cc1. The van der Waals surface area contributed by atoms with Crippen molar-refractivity contribution in [1.29, 1.82) is 0 Å². The fourth-order valence-electron chi connectivity index (χ4n) is 3.06. The Morgan fingerprint density at radius 3 is 1.80 bits per heavy atom. The molecule has 1 aromatic heterocycles. The van der Waals surface area contributed by atoms with Crippen molar-refractivity contribution in [2.45, 2.75) is 0 Å². The van der Waals surface area contributed by atoms with Gasteiger partial charge in [0.25, 0.3) is 0 Å². The van der Waals surface area contributed by atoms with Crippen LogP contribution in [0, 0.1) is 0 Å². The highest BCUT2D eigenvalue weighted by molar-refractivity contribution is 5.92. The third-order valence-electron chi connectivity index (χ3n) is 4.24. The molecule has 1 heterocycles. The first kappa shape index (κ1) is 15.2. The molecular weight excluding hydrogens is 306 g/mol. The van der Waals surface area contributed by atoms with E-state index in [1.807, 2.05) is 54.7 Å². The van der Waals surface area contributed by atoms with Gasteiger partial charge in [0.1, 0.15) is 5.75 Å². The Hall–Kier alpha value is -3.39. The van der Waals surface area contributed by atoms with Crippen LogP contribution in [0.4, 0.5) is 0 Å². The molecule has 0 radical (unpaired) electrons. The van der Waals surface area contributed by atoms with Gasteiger partial charge in [-0.25, -0.2) is 0 Å². The van der Waals surface area contributed by atoms with E-state index in [9.17, 15) is 5.11 Å². The number of phenolic OH excluding ortho intramolecular Hbond substituents is 1. The van der Waals surface area contributed by atoms with Gasteiger partial charge >= 0.3 is 0 Å². The summed E-state index contributed by atoms with van der Waals surface area (Å²) in [5.74, 6) is 0.254. The maximum atomic E-state index is 9.60. The number of benzene rings is 3. The maximum absolute atomic E-state index is 9.60. The quantitative estimate of drug-likeness (QED) is 0.518. The van der Waals surface area contributed by atoms with Gasteiger partial charge in [-0.3, -0.25) is 4.98 Å². The molecule has 0 aliphatic rings. The lowest BCUT2D eigenvalue weighted by atomic mass is 9.91. The number of pyridine rings is 1. The van der Waals surface area contributed by atoms with Crippen molar-refractivity contribution in [2.75, 3.05) is 0 Å². The highest BCUT2D eigenvalue weighted by atomic mass is 16.3. The molecule has 2 heteroatoms. The van der Waals surface area contributed by atoms with Crippen molar-refractivity contribution in [3.05, 3.63) is 97.2 Å². The molecule has 2 nitrogen and oxygen atoms in total. The average Bonchev–Trinajstić information content (AvgIpc) is 2.69. The number of phenols is 1. The van der Waals surface area contributed by atoms with Gasteiger partial charge < -0.3 is 5.11 Å².